The average Bonchev–Trinajstić information content (AvgIpc) is 2.47. The van der Waals surface area contributed by atoms with Crippen LogP contribution >= 0.6 is 0 Å². The van der Waals surface area contributed by atoms with Gasteiger partial charge in [-0.2, -0.15) is 0 Å². The first kappa shape index (κ1) is 14.2. The van der Waals surface area contributed by atoms with E-state index in [2.05, 4.69) is 20.7 Å². The van der Waals surface area contributed by atoms with E-state index in [0.717, 1.165) is 5.69 Å². The van der Waals surface area contributed by atoms with Crippen LogP contribution in [0.5, 0.6) is 0 Å². The monoisotopic (exact) mass is 273 g/mol. The first-order valence-electron chi connectivity index (χ1n) is 6.47. The Bertz CT molecular complexity index is 556. The summed E-state index contributed by atoms with van der Waals surface area (Å²) in [5.41, 5.74) is 4.70. The van der Waals surface area contributed by atoms with Gasteiger partial charge in [-0.1, -0.05) is 17.7 Å². The van der Waals surface area contributed by atoms with E-state index in [-0.39, 0.29) is 0 Å². The minimum atomic E-state index is 0.356. The van der Waals surface area contributed by atoms with Gasteiger partial charge in [-0.3, -0.25) is 0 Å². The number of nitrogen functional groups attached to an aromatic ring is 1. The Kier molecular flexibility index (Phi) is 4.86. The molecule has 0 radical (unpaired) electrons. The minimum Gasteiger partial charge on any atom is -0.374 e. The largest absolute Gasteiger partial charge is 0.374 e. The Hall–Kier alpha value is -2.18. The van der Waals surface area contributed by atoms with Crippen molar-refractivity contribution in [2.45, 2.75) is 20.5 Å². The fourth-order valence-corrected chi connectivity index (χ4v) is 1.68. The molecule has 6 heteroatoms. The van der Waals surface area contributed by atoms with Crippen LogP contribution < -0.4 is 16.6 Å². The summed E-state index contributed by atoms with van der Waals surface area (Å²) in [6, 6.07) is 9.80. The quantitative estimate of drug-likeness (QED) is 0.553. The lowest BCUT2D eigenvalue weighted by atomic mass is 10.2. The van der Waals surface area contributed by atoms with Crippen molar-refractivity contribution in [1.29, 1.82) is 0 Å². The van der Waals surface area contributed by atoms with Crippen LogP contribution in [-0.2, 0) is 11.3 Å². The lowest BCUT2D eigenvalue weighted by Gasteiger charge is -2.10. The summed E-state index contributed by atoms with van der Waals surface area (Å²) < 4.78 is 5.32. The Morgan fingerprint density at radius 3 is 2.50 bits per heavy atom. The molecular weight excluding hydrogens is 254 g/mol. The standard InChI is InChI=1S/C14H19N5O/c1-3-20-9-14-17-12(8-13(18-14)19-15)16-11-6-4-10(2)5-7-11/h4-8H,3,9,15H2,1-2H3,(H2,16,17,18,19). The summed E-state index contributed by atoms with van der Waals surface area (Å²) in [5.74, 6) is 7.22. The van der Waals surface area contributed by atoms with Crippen molar-refractivity contribution in [3.05, 3.63) is 41.7 Å². The molecule has 0 amide bonds. The van der Waals surface area contributed by atoms with Crippen LogP contribution in [0.1, 0.15) is 18.3 Å². The molecule has 2 aromatic rings. The second-order valence-electron chi connectivity index (χ2n) is 4.33. The number of ether oxygens (including phenoxy) is 1. The van der Waals surface area contributed by atoms with Gasteiger partial charge in [-0.25, -0.2) is 15.8 Å². The SMILES string of the molecule is CCOCc1nc(NN)cc(Nc2ccc(C)cc2)n1. The van der Waals surface area contributed by atoms with Crippen LogP contribution in [0.3, 0.4) is 0 Å². The molecule has 1 heterocycles. The Labute approximate surface area is 118 Å². The van der Waals surface area contributed by atoms with Crippen LogP contribution in [0.4, 0.5) is 17.3 Å². The summed E-state index contributed by atoms with van der Waals surface area (Å²) >= 11 is 0. The van der Waals surface area contributed by atoms with Gasteiger partial charge >= 0.3 is 0 Å². The molecule has 0 bridgehead atoms. The second kappa shape index (κ2) is 6.83. The molecule has 106 valence electrons. The number of hydrogen-bond acceptors (Lipinski definition) is 6. The van der Waals surface area contributed by atoms with E-state index in [9.17, 15) is 0 Å². The highest BCUT2D eigenvalue weighted by Crippen LogP contribution is 2.17. The number of anilines is 3. The lowest BCUT2D eigenvalue weighted by Crippen LogP contribution is -2.12. The zero-order valence-electron chi connectivity index (χ0n) is 11.7. The van der Waals surface area contributed by atoms with E-state index < -0.39 is 0 Å². The van der Waals surface area contributed by atoms with Gasteiger partial charge in [-0.05, 0) is 26.0 Å². The van der Waals surface area contributed by atoms with Crippen molar-refractivity contribution in [3.63, 3.8) is 0 Å². The molecule has 6 nitrogen and oxygen atoms in total. The van der Waals surface area contributed by atoms with Gasteiger partial charge in [0, 0.05) is 18.4 Å². The van der Waals surface area contributed by atoms with E-state index in [0.29, 0.717) is 30.7 Å². The number of nitrogens with zero attached hydrogens (tertiary/aromatic N) is 2. The number of hydrogen-bond donors (Lipinski definition) is 3. The van der Waals surface area contributed by atoms with Gasteiger partial charge in [0.1, 0.15) is 18.2 Å². The molecule has 2 rings (SSSR count). The first-order chi connectivity index (χ1) is 9.71. The third kappa shape index (κ3) is 3.91. The van der Waals surface area contributed by atoms with Crippen LogP contribution in [0.15, 0.2) is 30.3 Å². The van der Waals surface area contributed by atoms with Gasteiger partial charge in [0.25, 0.3) is 0 Å². The van der Waals surface area contributed by atoms with Crippen molar-refractivity contribution in [1.82, 2.24) is 9.97 Å². The number of rotatable bonds is 6. The Balaban J connectivity index is 2.19. The minimum absolute atomic E-state index is 0.356. The average molecular weight is 273 g/mol. The summed E-state index contributed by atoms with van der Waals surface area (Å²) in [4.78, 5) is 8.63. The molecule has 0 atom stereocenters. The van der Waals surface area contributed by atoms with Gasteiger partial charge in [-0.15, -0.1) is 0 Å². The Morgan fingerprint density at radius 1 is 1.15 bits per heavy atom. The van der Waals surface area contributed by atoms with Crippen LogP contribution in [-0.4, -0.2) is 16.6 Å². The number of benzene rings is 1. The molecule has 20 heavy (non-hydrogen) atoms. The van der Waals surface area contributed by atoms with Crippen molar-refractivity contribution in [3.8, 4) is 0 Å². The maximum atomic E-state index is 5.42. The zero-order valence-corrected chi connectivity index (χ0v) is 11.7. The summed E-state index contributed by atoms with van der Waals surface area (Å²) in [5, 5.41) is 3.22. The lowest BCUT2D eigenvalue weighted by molar-refractivity contribution is 0.128. The molecule has 1 aromatic heterocycles. The Morgan fingerprint density at radius 2 is 1.85 bits per heavy atom. The third-order valence-electron chi connectivity index (χ3n) is 2.68. The molecule has 1 aromatic carbocycles. The highest BCUT2D eigenvalue weighted by atomic mass is 16.5. The fraction of sp³-hybridized carbons (Fsp3) is 0.286. The van der Waals surface area contributed by atoms with E-state index in [4.69, 9.17) is 10.6 Å². The molecule has 0 unspecified atom stereocenters. The predicted octanol–water partition coefficient (Wildman–Crippen LogP) is 2.35. The number of aryl methyl sites for hydroxylation is 1. The highest BCUT2D eigenvalue weighted by Gasteiger charge is 2.04. The number of nitrogens with two attached hydrogens (primary N) is 1. The molecular formula is C14H19N5O. The summed E-state index contributed by atoms with van der Waals surface area (Å²) in [6.07, 6.45) is 0. The van der Waals surface area contributed by atoms with Gasteiger partial charge in [0.15, 0.2) is 5.82 Å². The molecule has 0 saturated carbocycles. The van der Waals surface area contributed by atoms with Crippen molar-refractivity contribution < 1.29 is 4.74 Å². The van der Waals surface area contributed by atoms with E-state index in [1.165, 1.54) is 5.56 Å². The number of nitrogens with one attached hydrogen (secondary N) is 2. The van der Waals surface area contributed by atoms with E-state index in [1.807, 2.05) is 38.1 Å². The molecule has 0 aliphatic carbocycles. The van der Waals surface area contributed by atoms with Crippen molar-refractivity contribution in [2.75, 3.05) is 17.3 Å². The summed E-state index contributed by atoms with van der Waals surface area (Å²) in [6.45, 7) is 4.95. The topological polar surface area (TPSA) is 85.1 Å². The van der Waals surface area contributed by atoms with Crippen LogP contribution in [0, 0.1) is 6.92 Å². The van der Waals surface area contributed by atoms with Crippen LogP contribution in [0.2, 0.25) is 0 Å². The summed E-state index contributed by atoms with van der Waals surface area (Å²) in [7, 11) is 0. The highest BCUT2D eigenvalue weighted by molar-refractivity contribution is 5.59. The van der Waals surface area contributed by atoms with Gasteiger partial charge in [0.2, 0.25) is 0 Å². The molecule has 0 aliphatic rings. The van der Waals surface area contributed by atoms with E-state index in [1.54, 1.807) is 6.07 Å². The number of aromatic nitrogens is 2. The number of hydrazine groups is 1. The molecule has 0 aliphatic heterocycles. The normalized spacial score (nSPS) is 10.3. The van der Waals surface area contributed by atoms with Gasteiger partial charge < -0.3 is 15.5 Å². The third-order valence-corrected chi connectivity index (χ3v) is 2.68. The van der Waals surface area contributed by atoms with Crippen molar-refractivity contribution in [2.24, 2.45) is 5.84 Å². The second-order valence-corrected chi connectivity index (χ2v) is 4.33. The fourth-order valence-electron chi connectivity index (χ4n) is 1.68. The first-order valence-corrected chi connectivity index (χ1v) is 6.47. The predicted molar refractivity (Wildman–Crippen MR) is 79.6 cm³/mol. The van der Waals surface area contributed by atoms with Gasteiger partial charge in [0.05, 0.1) is 0 Å². The molecule has 0 fully saturated rings. The smallest absolute Gasteiger partial charge is 0.158 e. The molecule has 4 N–H and O–H groups in total. The molecule has 0 spiro atoms. The van der Waals surface area contributed by atoms with Crippen molar-refractivity contribution >= 4 is 17.3 Å². The van der Waals surface area contributed by atoms with Crippen LogP contribution in [0.25, 0.3) is 0 Å². The van der Waals surface area contributed by atoms with E-state index >= 15 is 0 Å². The maximum absolute atomic E-state index is 5.42. The maximum Gasteiger partial charge on any atom is 0.158 e. The zero-order chi connectivity index (χ0) is 14.4. The molecule has 0 saturated heterocycles.